The van der Waals surface area contributed by atoms with Gasteiger partial charge >= 0.3 is 0 Å². The van der Waals surface area contributed by atoms with Crippen LogP contribution in [0.1, 0.15) is 41.5 Å². The highest BCUT2D eigenvalue weighted by Gasteiger charge is 2.17. The summed E-state index contributed by atoms with van der Waals surface area (Å²) in [6.07, 6.45) is 3.74. The fraction of sp³-hybridized carbons (Fsp3) is 0.333. The molecular weight excluding hydrogens is 312 g/mol. The van der Waals surface area contributed by atoms with Gasteiger partial charge in [-0.2, -0.15) is 0 Å². The first-order chi connectivity index (χ1) is 8.67. The quantitative estimate of drug-likeness (QED) is 0.676. The zero-order chi connectivity index (χ0) is 13.1. The van der Waals surface area contributed by atoms with E-state index in [1.54, 1.807) is 6.26 Å². The highest BCUT2D eigenvalue weighted by molar-refractivity contribution is 9.10. The molecule has 96 valence electrons. The van der Waals surface area contributed by atoms with Gasteiger partial charge < -0.3 is 4.42 Å². The topological polar surface area (TPSA) is 13.1 Å². The Morgan fingerprint density at radius 2 is 1.89 bits per heavy atom. The van der Waals surface area contributed by atoms with Crippen LogP contribution in [-0.2, 0) is 12.8 Å². The summed E-state index contributed by atoms with van der Waals surface area (Å²) in [6.45, 7) is 4.36. The number of hydrogen-bond donors (Lipinski definition) is 0. The highest BCUT2D eigenvalue weighted by Crippen LogP contribution is 2.35. The second-order valence-corrected chi connectivity index (χ2v) is 5.40. The van der Waals surface area contributed by atoms with Crippen molar-refractivity contribution in [1.29, 1.82) is 0 Å². The maximum absolute atomic E-state index is 6.51. The minimum atomic E-state index is -0.172. The first-order valence-corrected chi connectivity index (χ1v) is 7.39. The van der Waals surface area contributed by atoms with E-state index < -0.39 is 0 Å². The summed E-state index contributed by atoms with van der Waals surface area (Å²) in [4.78, 5) is 0. The monoisotopic (exact) mass is 326 g/mol. The average molecular weight is 328 g/mol. The van der Waals surface area contributed by atoms with Crippen LogP contribution in [0.4, 0.5) is 0 Å². The third kappa shape index (κ3) is 2.65. The number of alkyl halides is 1. The molecule has 2 aromatic rings. The molecule has 2 rings (SSSR count). The second-order valence-electron chi connectivity index (χ2n) is 4.25. The summed E-state index contributed by atoms with van der Waals surface area (Å²) >= 11 is 9.89. The lowest BCUT2D eigenvalue weighted by Crippen LogP contribution is -1.97. The Kier molecular flexibility index (Phi) is 4.52. The smallest absolute Gasteiger partial charge is 0.173 e. The fourth-order valence-corrected chi connectivity index (χ4v) is 3.05. The van der Waals surface area contributed by atoms with Crippen LogP contribution in [0.3, 0.4) is 0 Å². The van der Waals surface area contributed by atoms with Crippen LogP contribution >= 0.6 is 27.5 Å². The standard InChI is InChI=1S/C15H16BrClO/c1-3-10-5-6-12(9-11(10)4-2)14(17)13-7-8-18-15(13)16/h5-9,14H,3-4H2,1-2H3. The van der Waals surface area contributed by atoms with E-state index >= 15 is 0 Å². The van der Waals surface area contributed by atoms with Crippen LogP contribution in [0, 0.1) is 0 Å². The lowest BCUT2D eigenvalue weighted by Gasteiger charge is -2.13. The van der Waals surface area contributed by atoms with Gasteiger partial charge in [0.2, 0.25) is 0 Å². The van der Waals surface area contributed by atoms with Crippen LogP contribution in [0.5, 0.6) is 0 Å². The van der Waals surface area contributed by atoms with E-state index in [9.17, 15) is 0 Å². The van der Waals surface area contributed by atoms with Gasteiger partial charge in [0.25, 0.3) is 0 Å². The first kappa shape index (κ1) is 13.7. The second kappa shape index (κ2) is 5.94. The van der Waals surface area contributed by atoms with Crippen LogP contribution in [0.2, 0.25) is 0 Å². The van der Waals surface area contributed by atoms with E-state index in [-0.39, 0.29) is 5.38 Å². The molecule has 0 aliphatic heterocycles. The van der Waals surface area contributed by atoms with Gasteiger partial charge in [0.15, 0.2) is 4.67 Å². The van der Waals surface area contributed by atoms with Gasteiger partial charge in [-0.1, -0.05) is 32.0 Å². The Hall–Kier alpha value is -0.730. The third-order valence-corrected chi connectivity index (χ3v) is 4.34. The lowest BCUT2D eigenvalue weighted by molar-refractivity contribution is 0.537. The molecule has 0 bridgehead atoms. The highest BCUT2D eigenvalue weighted by atomic mass is 79.9. The summed E-state index contributed by atoms with van der Waals surface area (Å²) in [7, 11) is 0. The molecule has 0 saturated carbocycles. The molecule has 0 amide bonds. The van der Waals surface area contributed by atoms with Gasteiger partial charge in [-0.05, 0) is 51.5 Å². The molecule has 0 aliphatic carbocycles. The number of halogens is 2. The molecular formula is C15H16BrClO. The number of aryl methyl sites for hydroxylation is 2. The largest absolute Gasteiger partial charge is 0.457 e. The van der Waals surface area contributed by atoms with E-state index in [0.29, 0.717) is 4.67 Å². The van der Waals surface area contributed by atoms with Gasteiger partial charge in [0.1, 0.15) is 0 Å². The molecule has 1 heterocycles. The van der Waals surface area contributed by atoms with Crippen LogP contribution in [0.15, 0.2) is 39.6 Å². The maximum atomic E-state index is 6.51. The number of furan rings is 1. The van der Waals surface area contributed by atoms with Gasteiger partial charge in [-0.3, -0.25) is 0 Å². The Labute approximate surface area is 121 Å². The molecule has 1 nitrogen and oxygen atoms in total. The molecule has 0 N–H and O–H groups in total. The number of benzene rings is 1. The molecule has 18 heavy (non-hydrogen) atoms. The van der Waals surface area contributed by atoms with Crippen LogP contribution in [0.25, 0.3) is 0 Å². The summed E-state index contributed by atoms with van der Waals surface area (Å²) in [5.41, 5.74) is 4.87. The molecule has 0 aliphatic rings. The maximum Gasteiger partial charge on any atom is 0.173 e. The Morgan fingerprint density at radius 1 is 1.17 bits per heavy atom. The number of rotatable bonds is 4. The molecule has 3 heteroatoms. The van der Waals surface area contributed by atoms with Crippen LogP contribution < -0.4 is 0 Å². The molecule has 0 fully saturated rings. The fourth-order valence-electron chi connectivity index (χ4n) is 2.14. The Bertz CT molecular complexity index is 533. The zero-order valence-corrected chi connectivity index (χ0v) is 12.9. The average Bonchev–Trinajstić information content (AvgIpc) is 2.83. The van der Waals surface area contributed by atoms with Gasteiger partial charge in [0.05, 0.1) is 11.6 Å². The summed E-state index contributed by atoms with van der Waals surface area (Å²) < 4.78 is 5.95. The molecule has 1 aromatic carbocycles. The van der Waals surface area contributed by atoms with E-state index in [4.69, 9.17) is 16.0 Å². The summed E-state index contributed by atoms with van der Waals surface area (Å²) in [6, 6.07) is 8.39. The van der Waals surface area contributed by atoms with E-state index in [1.807, 2.05) is 6.07 Å². The van der Waals surface area contributed by atoms with Crippen LogP contribution in [-0.4, -0.2) is 0 Å². The minimum absolute atomic E-state index is 0.172. The summed E-state index contributed by atoms with van der Waals surface area (Å²) in [5.74, 6) is 0. The molecule has 0 radical (unpaired) electrons. The predicted octanol–water partition coefficient (Wildman–Crippen LogP) is 5.50. The van der Waals surface area contributed by atoms with Crippen molar-refractivity contribution >= 4 is 27.5 Å². The van der Waals surface area contributed by atoms with Crippen molar-refractivity contribution in [3.05, 3.63) is 57.5 Å². The van der Waals surface area contributed by atoms with Gasteiger partial charge in [-0.15, -0.1) is 11.6 Å². The minimum Gasteiger partial charge on any atom is -0.457 e. The van der Waals surface area contributed by atoms with E-state index in [0.717, 1.165) is 24.0 Å². The van der Waals surface area contributed by atoms with Crippen molar-refractivity contribution in [3.8, 4) is 0 Å². The molecule has 1 aromatic heterocycles. The Balaban J connectivity index is 2.37. The molecule has 0 spiro atoms. The van der Waals surface area contributed by atoms with Crippen molar-refractivity contribution < 1.29 is 4.42 Å². The van der Waals surface area contributed by atoms with Crippen molar-refractivity contribution in [2.24, 2.45) is 0 Å². The van der Waals surface area contributed by atoms with Crippen molar-refractivity contribution in [2.75, 3.05) is 0 Å². The molecule has 1 atom stereocenters. The number of hydrogen-bond acceptors (Lipinski definition) is 1. The van der Waals surface area contributed by atoms with Gasteiger partial charge in [0, 0.05) is 5.56 Å². The third-order valence-electron chi connectivity index (χ3n) is 3.20. The van der Waals surface area contributed by atoms with Crippen molar-refractivity contribution in [1.82, 2.24) is 0 Å². The Morgan fingerprint density at radius 3 is 2.44 bits per heavy atom. The predicted molar refractivity (Wildman–Crippen MR) is 79.3 cm³/mol. The lowest BCUT2D eigenvalue weighted by atomic mass is 9.97. The summed E-state index contributed by atoms with van der Waals surface area (Å²) in [5, 5.41) is -0.172. The normalized spacial score (nSPS) is 12.7. The van der Waals surface area contributed by atoms with E-state index in [2.05, 4.69) is 48.0 Å². The zero-order valence-electron chi connectivity index (χ0n) is 10.5. The van der Waals surface area contributed by atoms with E-state index in [1.165, 1.54) is 11.1 Å². The molecule has 1 unspecified atom stereocenters. The first-order valence-electron chi connectivity index (χ1n) is 6.16. The van der Waals surface area contributed by atoms with Crippen molar-refractivity contribution in [2.45, 2.75) is 32.1 Å². The van der Waals surface area contributed by atoms with Gasteiger partial charge in [-0.25, -0.2) is 0 Å². The SMILES string of the molecule is CCc1ccc(C(Cl)c2ccoc2Br)cc1CC. The van der Waals surface area contributed by atoms with Crippen molar-refractivity contribution in [3.63, 3.8) is 0 Å². The molecule has 0 saturated heterocycles.